The lowest BCUT2D eigenvalue weighted by molar-refractivity contribution is -0.124. The molecule has 0 saturated heterocycles. The predicted octanol–water partition coefficient (Wildman–Crippen LogP) is -0.452. The molecule has 0 aromatic carbocycles. The highest BCUT2D eigenvalue weighted by Gasteiger charge is 2.12. The molecular formula is C12H28N5O2P. The summed E-state index contributed by atoms with van der Waals surface area (Å²) in [7, 11) is 1.97. The molecule has 0 aromatic heterocycles. The fourth-order valence-electron chi connectivity index (χ4n) is 0.956. The van der Waals surface area contributed by atoms with Crippen molar-refractivity contribution in [2.45, 2.75) is 39.7 Å². The second-order valence-electron chi connectivity index (χ2n) is 4.97. The van der Waals surface area contributed by atoms with Gasteiger partial charge in [0.05, 0.1) is 12.6 Å². The van der Waals surface area contributed by atoms with Crippen LogP contribution in [0.3, 0.4) is 0 Å². The van der Waals surface area contributed by atoms with Crippen LogP contribution in [0.5, 0.6) is 0 Å². The highest BCUT2D eigenvalue weighted by molar-refractivity contribution is 7.40. The summed E-state index contributed by atoms with van der Waals surface area (Å²) in [6.45, 7) is 6.91. The van der Waals surface area contributed by atoms with Crippen molar-refractivity contribution in [2.24, 2.45) is 28.1 Å². The van der Waals surface area contributed by atoms with Gasteiger partial charge < -0.3 is 22.5 Å². The second-order valence-corrected chi connectivity index (χ2v) is 5.62. The average Bonchev–Trinajstić information content (AvgIpc) is 2.30. The van der Waals surface area contributed by atoms with Crippen LogP contribution < -0.4 is 22.5 Å². The zero-order valence-corrected chi connectivity index (χ0v) is 13.7. The summed E-state index contributed by atoms with van der Waals surface area (Å²) >= 11 is 0. The third-order valence-electron chi connectivity index (χ3n) is 1.74. The van der Waals surface area contributed by atoms with Crippen LogP contribution in [0.15, 0.2) is 4.99 Å². The molecule has 7 nitrogen and oxygen atoms in total. The third kappa shape index (κ3) is 19.1. The molecule has 1 amide bonds. The van der Waals surface area contributed by atoms with Gasteiger partial charge in [0, 0.05) is 6.54 Å². The maximum absolute atomic E-state index is 11.3. The van der Waals surface area contributed by atoms with Gasteiger partial charge in [-0.05, 0) is 18.8 Å². The summed E-state index contributed by atoms with van der Waals surface area (Å²) < 4.78 is 0. The Kier molecular flexibility index (Phi) is 13.5. The van der Waals surface area contributed by atoms with E-state index in [9.17, 15) is 9.59 Å². The van der Waals surface area contributed by atoms with Crippen molar-refractivity contribution in [1.29, 1.82) is 0 Å². The van der Waals surface area contributed by atoms with Crippen LogP contribution in [0.25, 0.3) is 0 Å². The summed E-state index contributed by atoms with van der Waals surface area (Å²) in [5, 5.41) is 2.41. The molecule has 0 aliphatic rings. The first-order valence-corrected chi connectivity index (χ1v) is 7.11. The van der Waals surface area contributed by atoms with E-state index in [2.05, 4.69) is 31.1 Å². The number of nitrogens with one attached hydrogen (secondary N) is 1. The predicted molar refractivity (Wildman–Crippen MR) is 86.1 cm³/mol. The van der Waals surface area contributed by atoms with Gasteiger partial charge in [-0.15, -0.1) is 0 Å². The van der Waals surface area contributed by atoms with E-state index in [1.165, 1.54) is 0 Å². The standard InChI is InChI=1S/C8H18N5O2P.C4H10/c9-5(2-1-3-12-8(10)11)7(15)13-4-6(14)16;1-4(2)3/h5H,1-4,9,16H2,(H,13,15)(H4,10,11,12);4H,1-3H3. The minimum Gasteiger partial charge on any atom is -0.370 e. The van der Waals surface area contributed by atoms with E-state index >= 15 is 0 Å². The summed E-state index contributed by atoms with van der Waals surface area (Å²) in [6, 6.07) is -0.640. The molecule has 2 atom stereocenters. The van der Waals surface area contributed by atoms with E-state index in [-0.39, 0.29) is 23.9 Å². The van der Waals surface area contributed by atoms with Crippen molar-refractivity contribution in [3.8, 4) is 0 Å². The second kappa shape index (κ2) is 12.8. The SMILES string of the molecule is CC(C)C.NC(N)=NCCCC(N)C(=O)NCC(=O)P. The molecule has 0 aliphatic heterocycles. The first-order valence-electron chi connectivity index (χ1n) is 6.53. The lowest BCUT2D eigenvalue weighted by Crippen LogP contribution is -2.42. The molecule has 2 unspecified atom stereocenters. The number of nitrogens with zero attached hydrogens (tertiary/aromatic N) is 1. The Labute approximate surface area is 123 Å². The van der Waals surface area contributed by atoms with Crippen molar-refractivity contribution >= 4 is 26.6 Å². The number of guanidine groups is 1. The van der Waals surface area contributed by atoms with Crippen LogP contribution in [0, 0.1) is 5.92 Å². The van der Waals surface area contributed by atoms with Gasteiger partial charge in [-0.2, -0.15) is 0 Å². The Morgan fingerprint density at radius 2 is 1.75 bits per heavy atom. The van der Waals surface area contributed by atoms with Crippen LogP contribution in [-0.2, 0) is 9.59 Å². The van der Waals surface area contributed by atoms with Crippen molar-refractivity contribution in [3.05, 3.63) is 0 Å². The van der Waals surface area contributed by atoms with Gasteiger partial charge in [0.15, 0.2) is 11.5 Å². The minimum atomic E-state index is -0.640. The topological polar surface area (TPSA) is 137 Å². The quantitative estimate of drug-likeness (QED) is 0.218. The summed E-state index contributed by atoms with van der Waals surface area (Å²) in [5.41, 5.74) is 15.6. The third-order valence-corrected chi connectivity index (χ3v) is 1.95. The van der Waals surface area contributed by atoms with E-state index in [1.807, 2.05) is 9.24 Å². The highest BCUT2D eigenvalue weighted by atomic mass is 31.0. The normalized spacial score (nSPS) is 11.1. The van der Waals surface area contributed by atoms with Crippen LogP contribution in [0.2, 0.25) is 0 Å². The van der Waals surface area contributed by atoms with Crippen molar-refractivity contribution < 1.29 is 9.59 Å². The fourth-order valence-corrected chi connectivity index (χ4v) is 1.06. The molecule has 0 aliphatic carbocycles. The Morgan fingerprint density at radius 3 is 2.15 bits per heavy atom. The van der Waals surface area contributed by atoms with Gasteiger partial charge in [0.25, 0.3) is 0 Å². The van der Waals surface area contributed by atoms with Crippen molar-refractivity contribution in [1.82, 2.24) is 5.32 Å². The maximum Gasteiger partial charge on any atom is 0.237 e. The molecule has 0 aromatic rings. The van der Waals surface area contributed by atoms with Crippen molar-refractivity contribution in [3.63, 3.8) is 0 Å². The molecule has 7 N–H and O–H groups in total. The number of nitrogens with two attached hydrogens (primary N) is 3. The van der Waals surface area contributed by atoms with Crippen LogP contribution >= 0.6 is 9.24 Å². The number of hydrogen-bond donors (Lipinski definition) is 4. The Hall–Kier alpha value is -1.20. The lowest BCUT2D eigenvalue weighted by Gasteiger charge is -2.10. The lowest BCUT2D eigenvalue weighted by atomic mass is 10.1. The molecule has 20 heavy (non-hydrogen) atoms. The number of carbonyl (C=O) groups is 2. The van der Waals surface area contributed by atoms with Gasteiger partial charge in [-0.3, -0.25) is 14.6 Å². The Balaban J connectivity index is 0. The van der Waals surface area contributed by atoms with Crippen LogP contribution in [0.4, 0.5) is 0 Å². The molecule has 0 bridgehead atoms. The number of carbonyl (C=O) groups excluding carboxylic acids is 2. The van der Waals surface area contributed by atoms with E-state index in [0.29, 0.717) is 19.4 Å². The molecule has 8 heteroatoms. The molecule has 0 rings (SSSR count). The van der Waals surface area contributed by atoms with Crippen LogP contribution in [0.1, 0.15) is 33.6 Å². The number of hydrogen-bond acceptors (Lipinski definition) is 4. The molecule has 0 saturated carbocycles. The van der Waals surface area contributed by atoms with Gasteiger partial charge in [0.1, 0.15) is 0 Å². The largest absolute Gasteiger partial charge is 0.370 e. The Morgan fingerprint density at radius 1 is 1.25 bits per heavy atom. The number of rotatable bonds is 7. The number of aliphatic imine (C=N–C) groups is 1. The van der Waals surface area contributed by atoms with E-state index < -0.39 is 6.04 Å². The van der Waals surface area contributed by atoms with Crippen LogP contribution in [-0.4, -0.2) is 36.5 Å². The number of amides is 1. The van der Waals surface area contributed by atoms with Gasteiger partial charge in [-0.25, -0.2) is 0 Å². The zero-order valence-electron chi connectivity index (χ0n) is 12.6. The fraction of sp³-hybridized carbons (Fsp3) is 0.750. The maximum atomic E-state index is 11.3. The molecule has 0 fully saturated rings. The summed E-state index contributed by atoms with van der Waals surface area (Å²) in [4.78, 5) is 25.6. The smallest absolute Gasteiger partial charge is 0.237 e. The molecule has 0 heterocycles. The monoisotopic (exact) mass is 305 g/mol. The first kappa shape index (κ1) is 21.1. The van der Waals surface area contributed by atoms with Crippen molar-refractivity contribution in [2.75, 3.05) is 13.1 Å². The highest BCUT2D eigenvalue weighted by Crippen LogP contribution is 1.95. The average molecular weight is 305 g/mol. The van der Waals surface area contributed by atoms with E-state index in [0.717, 1.165) is 5.92 Å². The van der Waals surface area contributed by atoms with E-state index in [1.54, 1.807) is 0 Å². The molecule has 0 radical (unpaired) electrons. The molecule has 0 spiro atoms. The van der Waals surface area contributed by atoms with Gasteiger partial charge >= 0.3 is 0 Å². The van der Waals surface area contributed by atoms with Gasteiger partial charge in [0.2, 0.25) is 5.91 Å². The minimum absolute atomic E-state index is 0.0200. The Bertz CT molecular complexity index is 314. The summed E-state index contributed by atoms with van der Waals surface area (Å²) in [6.07, 6.45) is 1.08. The summed E-state index contributed by atoms with van der Waals surface area (Å²) in [5.74, 6) is 0.507. The molecular weight excluding hydrogens is 277 g/mol. The van der Waals surface area contributed by atoms with Gasteiger partial charge in [-0.1, -0.05) is 30.0 Å². The first-order chi connectivity index (χ1) is 9.16. The van der Waals surface area contributed by atoms with E-state index in [4.69, 9.17) is 17.2 Å². The molecule has 118 valence electrons. The zero-order chi connectivity index (χ0) is 16.1.